The fourth-order valence-electron chi connectivity index (χ4n) is 3.29. The molecule has 0 aromatic heterocycles. The number of nitrogens with one attached hydrogen (secondary N) is 1. The molecule has 22 heavy (non-hydrogen) atoms. The average Bonchev–Trinajstić information content (AvgIpc) is 2.96. The van der Waals surface area contributed by atoms with Crippen molar-refractivity contribution in [2.45, 2.75) is 25.4 Å². The summed E-state index contributed by atoms with van der Waals surface area (Å²) >= 11 is 6.33. The molecule has 1 aromatic carbocycles. The lowest BCUT2D eigenvalue weighted by molar-refractivity contribution is 0.122. The van der Waals surface area contributed by atoms with Crippen molar-refractivity contribution in [3.63, 3.8) is 0 Å². The molecule has 1 aromatic rings. The van der Waals surface area contributed by atoms with E-state index < -0.39 is 0 Å². The van der Waals surface area contributed by atoms with Crippen molar-refractivity contribution in [2.75, 3.05) is 33.3 Å². The lowest BCUT2D eigenvalue weighted by Crippen LogP contribution is -2.48. The molecule has 5 nitrogen and oxygen atoms in total. The summed E-state index contributed by atoms with van der Waals surface area (Å²) in [6.07, 6.45) is 2.20. The third kappa shape index (κ3) is 3.31. The Bertz CT molecular complexity index is 552. The van der Waals surface area contributed by atoms with Crippen LogP contribution in [0, 0.1) is 0 Å². The van der Waals surface area contributed by atoms with Gasteiger partial charge in [-0.25, -0.2) is 4.79 Å². The molecule has 0 spiro atoms. The molecule has 2 amide bonds. The van der Waals surface area contributed by atoms with E-state index in [-0.39, 0.29) is 6.03 Å². The predicted molar refractivity (Wildman–Crippen MR) is 86.4 cm³/mol. The fourth-order valence-corrected chi connectivity index (χ4v) is 3.52. The van der Waals surface area contributed by atoms with E-state index >= 15 is 0 Å². The van der Waals surface area contributed by atoms with Crippen molar-refractivity contribution in [1.29, 1.82) is 0 Å². The van der Waals surface area contributed by atoms with Crippen molar-refractivity contribution in [3.8, 4) is 5.75 Å². The number of ether oxygens (including phenoxy) is 1. The smallest absolute Gasteiger partial charge is 0.317 e. The van der Waals surface area contributed by atoms with E-state index in [0.717, 1.165) is 61.9 Å². The number of carbonyl (C=O) groups is 1. The summed E-state index contributed by atoms with van der Waals surface area (Å²) in [4.78, 5) is 16.2. The molecule has 0 bridgehead atoms. The normalized spacial score (nSPS) is 22.7. The molecule has 2 fully saturated rings. The maximum atomic E-state index is 11.8. The number of urea groups is 1. The van der Waals surface area contributed by atoms with Crippen molar-refractivity contribution < 1.29 is 9.53 Å². The van der Waals surface area contributed by atoms with E-state index in [1.165, 1.54) is 0 Å². The quantitative estimate of drug-likeness (QED) is 0.925. The number of hydrogen-bond donors (Lipinski definition) is 1. The molecule has 2 saturated heterocycles. The topological polar surface area (TPSA) is 44.8 Å². The van der Waals surface area contributed by atoms with E-state index in [9.17, 15) is 4.79 Å². The molecule has 3 rings (SSSR count). The second-order valence-electron chi connectivity index (χ2n) is 5.91. The first-order chi connectivity index (χ1) is 10.7. The number of benzene rings is 1. The van der Waals surface area contributed by atoms with Crippen LogP contribution in [0.5, 0.6) is 5.75 Å². The van der Waals surface area contributed by atoms with Gasteiger partial charge in [0.1, 0.15) is 5.75 Å². The summed E-state index contributed by atoms with van der Waals surface area (Å²) in [6, 6.07) is 6.21. The minimum Gasteiger partial charge on any atom is -0.497 e. The number of piperidine rings is 1. The molecular weight excluding hydrogens is 302 g/mol. The Balaban J connectivity index is 1.64. The second kappa shape index (κ2) is 6.75. The van der Waals surface area contributed by atoms with Crippen molar-refractivity contribution in [2.24, 2.45) is 0 Å². The minimum atomic E-state index is 0.0781. The Morgan fingerprint density at radius 2 is 2.27 bits per heavy atom. The highest BCUT2D eigenvalue weighted by Crippen LogP contribution is 2.25. The van der Waals surface area contributed by atoms with Gasteiger partial charge in [0.15, 0.2) is 0 Å². The molecule has 120 valence electrons. The van der Waals surface area contributed by atoms with Gasteiger partial charge >= 0.3 is 6.03 Å². The summed E-state index contributed by atoms with van der Waals surface area (Å²) in [5.74, 6) is 0.777. The fraction of sp³-hybridized carbons (Fsp3) is 0.562. The largest absolute Gasteiger partial charge is 0.497 e. The van der Waals surface area contributed by atoms with Gasteiger partial charge in [0.25, 0.3) is 0 Å². The number of carbonyl (C=O) groups excluding carboxylic acids is 1. The number of amides is 2. The number of halogens is 1. The summed E-state index contributed by atoms with van der Waals surface area (Å²) in [6.45, 7) is 4.36. The first kappa shape index (κ1) is 15.4. The van der Waals surface area contributed by atoms with E-state index in [1.54, 1.807) is 7.11 Å². The highest BCUT2D eigenvalue weighted by molar-refractivity contribution is 6.31. The number of hydrogen-bond acceptors (Lipinski definition) is 3. The van der Waals surface area contributed by atoms with Gasteiger partial charge in [0.05, 0.1) is 7.11 Å². The summed E-state index contributed by atoms with van der Waals surface area (Å²) in [5, 5.41) is 3.62. The maximum Gasteiger partial charge on any atom is 0.317 e. The first-order valence-corrected chi connectivity index (χ1v) is 8.14. The van der Waals surface area contributed by atoms with E-state index in [4.69, 9.17) is 16.3 Å². The second-order valence-corrected chi connectivity index (χ2v) is 6.32. The monoisotopic (exact) mass is 323 g/mol. The van der Waals surface area contributed by atoms with E-state index in [2.05, 4.69) is 10.2 Å². The number of methoxy groups -OCH3 is 1. The standard InChI is InChI=1S/C16H22ClN3O2/c1-22-14-5-4-12(15(17)9-14)10-19-7-2-3-13(11-19)20-8-6-18-16(20)21/h4-5,9,13H,2-3,6-8,10-11H2,1H3,(H,18,21)/t13-/m0/s1. The highest BCUT2D eigenvalue weighted by Gasteiger charge is 2.31. The van der Waals surface area contributed by atoms with Crippen LogP contribution in [0.4, 0.5) is 4.79 Å². The molecule has 2 aliphatic heterocycles. The zero-order valence-electron chi connectivity index (χ0n) is 12.8. The predicted octanol–water partition coefficient (Wildman–Crippen LogP) is 2.34. The van der Waals surface area contributed by atoms with Crippen LogP contribution < -0.4 is 10.1 Å². The van der Waals surface area contributed by atoms with Crippen LogP contribution in [0.2, 0.25) is 5.02 Å². The molecule has 2 aliphatic rings. The number of nitrogens with zero attached hydrogens (tertiary/aromatic N) is 2. The summed E-state index contributed by atoms with van der Waals surface area (Å²) in [7, 11) is 1.64. The molecule has 6 heteroatoms. The SMILES string of the molecule is COc1ccc(CN2CCC[C@H](N3CCNC3=O)C2)c(Cl)c1. The first-order valence-electron chi connectivity index (χ1n) is 7.76. The number of likely N-dealkylation sites (tertiary alicyclic amines) is 1. The van der Waals surface area contributed by atoms with Crippen molar-refractivity contribution >= 4 is 17.6 Å². The minimum absolute atomic E-state index is 0.0781. The Labute approximate surface area is 136 Å². The Hall–Kier alpha value is -1.46. The third-order valence-corrected chi connectivity index (χ3v) is 4.82. The lowest BCUT2D eigenvalue weighted by Gasteiger charge is -2.37. The molecule has 1 N–H and O–H groups in total. The van der Waals surface area contributed by atoms with Crippen LogP contribution in [-0.2, 0) is 6.54 Å². The van der Waals surface area contributed by atoms with Gasteiger partial charge < -0.3 is 15.0 Å². The van der Waals surface area contributed by atoms with Gasteiger partial charge in [-0.3, -0.25) is 4.90 Å². The zero-order valence-corrected chi connectivity index (χ0v) is 13.6. The Kier molecular flexibility index (Phi) is 4.74. The van der Waals surface area contributed by atoms with E-state index in [0.29, 0.717) is 6.04 Å². The van der Waals surface area contributed by atoms with Crippen LogP contribution in [0.3, 0.4) is 0 Å². The van der Waals surface area contributed by atoms with Crippen LogP contribution in [-0.4, -0.2) is 55.2 Å². The van der Waals surface area contributed by atoms with Crippen LogP contribution >= 0.6 is 11.6 Å². The average molecular weight is 324 g/mol. The molecule has 0 radical (unpaired) electrons. The van der Waals surface area contributed by atoms with Crippen molar-refractivity contribution in [1.82, 2.24) is 15.1 Å². The van der Waals surface area contributed by atoms with Gasteiger partial charge in [-0.1, -0.05) is 17.7 Å². The van der Waals surface area contributed by atoms with Gasteiger partial charge in [-0.15, -0.1) is 0 Å². The number of rotatable bonds is 4. The van der Waals surface area contributed by atoms with Gasteiger partial charge in [0.2, 0.25) is 0 Å². The van der Waals surface area contributed by atoms with Crippen LogP contribution in [0.15, 0.2) is 18.2 Å². The molecule has 2 heterocycles. The molecular formula is C16H22ClN3O2. The lowest BCUT2D eigenvalue weighted by atomic mass is 10.0. The molecule has 0 aliphatic carbocycles. The highest BCUT2D eigenvalue weighted by atomic mass is 35.5. The molecule has 0 saturated carbocycles. The molecule has 1 atom stereocenters. The van der Waals surface area contributed by atoms with Crippen LogP contribution in [0.25, 0.3) is 0 Å². The van der Waals surface area contributed by atoms with Gasteiger partial charge in [-0.05, 0) is 37.1 Å². The maximum absolute atomic E-state index is 11.8. The molecule has 0 unspecified atom stereocenters. The zero-order chi connectivity index (χ0) is 15.5. The Morgan fingerprint density at radius 1 is 1.41 bits per heavy atom. The summed E-state index contributed by atoms with van der Waals surface area (Å²) < 4.78 is 5.19. The van der Waals surface area contributed by atoms with E-state index in [1.807, 2.05) is 23.1 Å². The Morgan fingerprint density at radius 3 is 2.95 bits per heavy atom. The van der Waals surface area contributed by atoms with Gasteiger partial charge in [0, 0.05) is 37.2 Å². The van der Waals surface area contributed by atoms with Crippen LogP contribution in [0.1, 0.15) is 18.4 Å². The summed E-state index contributed by atoms with van der Waals surface area (Å²) in [5.41, 5.74) is 1.11. The third-order valence-electron chi connectivity index (χ3n) is 4.47. The van der Waals surface area contributed by atoms with Gasteiger partial charge in [-0.2, -0.15) is 0 Å². The van der Waals surface area contributed by atoms with Crippen molar-refractivity contribution in [3.05, 3.63) is 28.8 Å².